The predicted molar refractivity (Wildman–Crippen MR) is 92.6 cm³/mol. The van der Waals surface area contributed by atoms with Crippen LogP contribution < -0.4 is 4.74 Å². The van der Waals surface area contributed by atoms with Crippen LogP contribution in [0.3, 0.4) is 0 Å². The minimum Gasteiger partial charge on any atom is -0.489 e. The van der Waals surface area contributed by atoms with Gasteiger partial charge in [-0.25, -0.2) is 0 Å². The summed E-state index contributed by atoms with van der Waals surface area (Å²) in [4.78, 5) is 12.6. The molecule has 0 saturated carbocycles. The molecule has 0 aromatic heterocycles. The van der Waals surface area contributed by atoms with E-state index in [1.165, 1.54) is 22.9 Å². The molecule has 0 aliphatic heterocycles. The lowest BCUT2D eigenvalue weighted by atomic mass is 10.1. The maximum Gasteiger partial charge on any atom is 0.193 e. The Morgan fingerprint density at radius 3 is 2.45 bits per heavy atom. The quantitative estimate of drug-likeness (QED) is 0.708. The Morgan fingerprint density at radius 2 is 1.73 bits per heavy atom. The molecular weight excluding hydrogens is 292 g/mol. The third-order valence-corrected chi connectivity index (χ3v) is 4.79. The first-order valence-electron chi connectivity index (χ1n) is 7.50. The number of thioether (sulfide) groups is 1. The van der Waals surface area contributed by atoms with E-state index in [0.29, 0.717) is 13.0 Å². The average Bonchev–Trinajstić information content (AvgIpc) is 2.50. The van der Waals surface area contributed by atoms with Crippen molar-refractivity contribution in [2.24, 2.45) is 0 Å². The topological polar surface area (TPSA) is 26.3 Å². The van der Waals surface area contributed by atoms with Crippen molar-refractivity contribution in [3.8, 4) is 5.75 Å². The summed E-state index contributed by atoms with van der Waals surface area (Å²) in [7, 11) is 0. The van der Waals surface area contributed by atoms with Crippen LogP contribution in [0.2, 0.25) is 0 Å². The van der Waals surface area contributed by atoms with Crippen LogP contribution in [0.5, 0.6) is 5.75 Å². The van der Waals surface area contributed by atoms with E-state index in [2.05, 4.69) is 32.9 Å². The van der Waals surface area contributed by atoms with E-state index < -0.39 is 0 Å². The summed E-state index contributed by atoms with van der Waals surface area (Å²) in [6.07, 6.45) is 0.538. The summed E-state index contributed by atoms with van der Waals surface area (Å²) in [5.41, 5.74) is 4.68. The van der Waals surface area contributed by atoms with Gasteiger partial charge in [0.1, 0.15) is 12.4 Å². The van der Waals surface area contributed by atoms with Crippen molar-refractivity contribution in [3.63, 3.8) is 0 Å². The molecule has 0 fully saturated rings. The zero-order valence-corrected chi connectivity index (χ0v) is 14.4. The molecular formula is C19H22O2S. The second-order valence-corrected chi connectivity index (χ2v) is 6.53. The van der Waals surface area contributed by atoms with Crippen molar-refractivity contribution in [3.05, 3.63) is 58.7 Å². The van der Waals surface area contributed by atoms with E-state index in [-0.39, 0.29) is 5.12 Å². The monoisotopic (exact) mass is 314 g/mol. The smallest absolute Gasteiger partial charge is 0.193 e. The SMILES string of the molecule is CCC(=O)Sc1ccccc1COc1cc(C)c(C)cc1C. The van der Waals surface area contributed by atoms with E-state index in [1.807, 2.05) is 31.2 Å². The molecule has 2 nitrogen and oxygen atoms in total. The fraction of sp³-hybridized carbons (Fsp3) is 0.316. The normalized spacial score (nSPS) is 10.5. The summed E-state index contributed by atoms with van der Waals surface area (Å²) in [6.45, 7) is 8.61. The molecule has 0 spiro atoms. The number of carbonyl (C=O) groups excluding carboxylic acids is 1. The molecule has 0 N–H and O–H groups in total. The highest BCUT2D eigenvalue weighted by molar-refractivity contribution is 8.13. The van der Waals surface area contributed by atoms with Crippen LogP contribution in [0.4, 0.5) is 0 Å². The number of aryl methyl sites for hydroxylation is 3. The van der Waals surface area contributed by atoms with Crippen LogP contribution in [-0.2, 0) is 11.4 Å². The lowest BCUT2D eigenvalue weighted by molar-refractivity contribution is -0.110. The van der Waals surface area contributed by atoms with Crippen LogP contribution in [0, 0.1) is 20.8 Å². The molecule has 0 bridgehead atoms. The number of hydrogen-bond acceptors (Lipinski definition) is 3. The van der Waals surface area contributed by atoms with Crippen molar-refractivity contribution in [1.82, 2.24) is 0 Å². The standard InChI is InChI=1S/C19H22O2S/c1-5-19(20)22-18-9-7-6-8-16(18)12-21-17-11-14(3)13(2)10-15(17)4/h6-11H,5,12H2,1-4H3. The molecule has 2 aromatic rings. The van der Waals surface area contributed by atoms with Crippen molar-refractivity contribution in [2.75, 3.05) is 0 Å². The van der Waals surface area contributed by atoms with Gasteiger partial charge in [-0.15, -0.1) is 0 Å². The van der Waals surface area contributed by atoms with E-state index in [0.717, 1.165) is 21.8 Å². The molecule has 22 heavy (non-hydrogen) atoms. The summed E-state index contributed by atoms with van der Waals surface area (Å²) in [5, 5.41) is 0.176. The van der Waals surface area contributed by atoms with Gasteiger partial charge < -0.3 is 4.74 Å². The lowest BCUT2D eigenvalue weighted by Crippen LogP contribution is -2.00. The molecule has 2 rings (SSSR count). The first-order chi connectivity index (χ1) is 10.5. The van der Waals surface area contributed by atoms with Gasteiger partial charge in [0.15, 0.2) is 5.12 Å². The fourth-order valence-corrected chi connectivity index (χ4v) is 2.96. The fourth-order valence-electron chi connectivity index (χ4n) is 2.16. The van der Waals surface area contributed by atoms with E-state index in [4.69, 9.17) is 4.74 Å². The number of hydrogen-bond donors (Lipinski definition) is 0. The van der Waals surface area contributed by atoms with Gasteiger partial charge in [-0.2, -0.15) is 0 Å². The van der Waals surface area contributed by atoms with Gasteiger partial charge in [-0.1, -0.05) is 43.0 Å². The maximum absolute atomic E-state index is 11.7. The van der Waals surface area contributed by atoms with Gasteiger partial charge in [0, 0.05) is 16.9 Å². The summed E-state index contributed by atoms with van der Waals surface area (Å²) in [5.74, 6) is 0.907. The number of ether oxygens (including phenoxy) is 1. The minimum absolute atomic E-state index is 0.176. The molecule has 0 unspecified atom stereocenters. The Hall–Kier alpha value is -1.74. The summed E-state index contributed by atoms with van der Waals surface area (Å²) < 4.78 is 5.99. The highest BCUT2D eigenvalue weighted by atomic mass is 32.2. The Balaban J connectivity index is 2.15. The van der Waals surface area contributed by atoms with Crippen molar-refractivity contribution in [1.29, 1.82) is 0 Å². The second-order valence-electron chi connectivity index (χ2n) is 5.43. The van der Waals surface area contributed by atoms with Gasteiger partial charge in [-0.05, 0) is 49.6 Å². The van der Waals surface area contributed by atoms with Crippen LogP contribution >= 0.6 is 11.8 Å². The zero-order chi connectivity index (χ0) is 16.1. The second kappa shape index (κ2) is 7.50. The molecule has 0 atom stereocenters. The number of benzene rings is 2. The predicted octanol–water partition coefficient (Wildman–Crippen LogP) is 5.22. The Morgan fingerprint density at radius 1 is 1.05 bits per heavy atom. The van der Waals surface area contributed by atoms with Gasteiger partial charge in [-0.3, -0.25) is 4.79 Å². The molecule has 0 amide bonds. The summed E-state index contributed by atoms with van der Waals surface area (Å²) in [6, 6.07) is 12.2. The van der Waals surface area contributed by atoms with Crippen LogP contribution in [-0.4, -0.2) is 5.12 Å². The van der Waals surface area contributed by atoms with E-state index >= 15 is 0 Å². The van der Waals surface area contributed by atoms with Crippen LogP contribution in [0.1, 0.15) is 35.6 Å². The van der Waals surface area contributed by atoms with E-state index in [9.17, 15) is 4.79 Å². The third kappa shape index (κ3) is 4.14. The molecule has 0 saturated heterocycles. The van der Waals surface area contributed by atoms with Crippen LogP contribution in [0.15, 0.2) is 41.3 Å². The molecule has 0 heterocycles. The van der Waals surface area contributed by atoms with Crippen molar-refractivity contribution >= 4 is 16.9 Å². The molecule has 0 radical (unpaired) electrons. The highest BCUT2D eigenvalue weighted by Gasteiger charge is 2.09. The molecule has 0 aliphatic carbocycles. The number of carbonyl (C=O) groups is 1. The molecule has 2 aromatic carbocycles. The lowest BCUT2D eigenvalue weighted by Gasteiger charge is -2.13. The minimum atomic E-state index is 0.176. The van der Waals surface area contributed by atoms with Gasteiger partial charge in [0.2, 0.25) is 0 Å². The average molecular weight is 314 g/mol. The first-order valence-corrected chi connectivity index (χ1v) is 8.32. The Bertz CT molecular complexity index is 677. The maximum atomic E-state index is 11.7. The highest BCUT2D eigenvalue weighted by Crippen LogP contribution is 2.27. The molecule has 0 aliphatic rings. The Kier molecular flexibility index (Phi) is 5.67. The van der Waals surface area contributed by atoms with Gasteiger partial charge >= 0.3 is 0 Å². The molecule has 3 heteroatoms. The largest absolute Gasteiger partial charge is 0.489 e. The Labute approximate surface area is 136 Å². The zero-order valence-electron chi connectivity index (χ0n) is 13.6. The van der Waals surface area contributed by atoms with Crippen molar-refractivity contribution in [2.45, 2.75) is 45.6 Å². The van der Waals surface area contributed by atoms with Crippen molar-refractivity contribution < 1.29 is 9.53 Å². The van der Waals surface area contributed by atoms with Gasteiger partial charge in [0.05, 0.1) is 0 Å². The van der Waals surface area contributed by atoms with Gasteiger partial charge in [0.25, 0.3) is 0 Å². The number of rotatable bonds is 5. The first kappa shape index (κ1) is 16.6. The summed E-state index contributed by atoms with van der Waals surface area (Å²) >= 11 is 1.30. The van der Waals surface area contributed by atoms with Crippen LogP contribution in [0.25, 0.3) is 0 Å². The molecule has 116 valence electrons. The third-order valence-electron chi connectivity index (χ3n) is 3.66. The van der Waals surface area contributed by atoms with E-state index in [1.54, 1.807) is 0 Å².